The molecule has 0 aromatic heterocycles. The van der Waals surface area contributed by atoms with Crippen molar-refractivity contribution < 1.29 is 17.2 Å². The lowest BCUT2D eigenvalue weighted by atomic mass is 9.78. The first-order valence-corrected chi connectivity index (χ1v) is 11.4. The van der Waals surface area contributed by atoms with E-state index >= 15 is 0 Å². The van der Waals surface area contributed by atoms with Gasteiger partial charge in [0.15, 0.2) is 9.84 Å². The van der Waals surface area contributed by atoms with Crippen LogP contribution >= 0.6 is 0 Å². The van der Waals surface area contributed by atoms with E-state index in [1.807, 2.05) is 18.2 Å². The second-order valence-corrected chi connectivity index (χ2v) is 9.66. The van der Waals surface area contributed by atoms with Crippen LogP contribution in [0.3, 0.4) is 0 Å². The van der Waals surface area contributed by atoms with Gasteiger partial charge in [0.25, 0.3) is 0 Å². The highest BCUT2D eigenvalue weighted by atomic mass is 32.2. The van der Waals surface area contributed by atoms with Crippen molar-refractivity contribution >= 4 is 15.5 Å². The summed E-state index contributed by atoms with van der Waals surface area (Å²) >= 11 is 0. The molecule has 150 valence electrons. The molecule has 0 saturated heterocycles. The van der Waals surface area contributed by atoms with Crippen molar-refractivity contribution in [2.45, 2.75) is 17.6 Å². The Balaban J connectivity index is 1.81. The van der Waals surface area contributed by atoms with Crippen LogP contribution in [0.2, 0.25) is 0 Å². The quantitative estimate of drug-likeness (QED) is 0.650. The number of benzene rings is 3. The Bertz CT molecular complexity index is 1080. The van der Waals surface area contributed by atoms with Crippen LogP contribution in [0.1, 0.15) is 34.1 Å². The first kappa shape index (κ1) is 19.6. The predicted octanol–water partition coefficient (Wildman–Crippen LogP) is 4.85. The van der Waals surface area contributed by atoms with E-state index in [4.69, 9.17) is 0 Å². The lowest BCUT2D eigenvalue weighted by Crippen LogP contribution is -2.15. The third kappa shape index (κ3) is 4.17. The number of halogens is 2. The molecule has 1 aliphatic heterocycles. The first-order valence-electron chi connectivity index (χ1n) is 9.36. The van der Waals surface area contributed by atoms with Crippen molar-refractivity contribution in [3.05, 3.63) is 101 Å². The van der Waals surface area contributed by atoms with Crippen molar-refractivity contribution in [2.24, 2.45) is 0 Å². The normalized spacial score (nSPS) is 15.9. The smallest absolute Gasteiger partial charge is 0.151 e. The van der Waals surface area contributed by atoms with Gasteiger partial charge in [0.2, 0.25) is 0 Å². The Kier molecular flexibility index (Phi) is 5.13. The van der Waals surface area contributed by atoms with Gasteiger partial charge < -0.3 is 5.32 Å². The molecule has 4 rings (SSSR count). The second-order valence-electron chi connectivity index (χ2n) is 7.52. The van der Waals surface area contributed by atoms with E-state index in [-0.39, 0.29) is 29.2 Å². The highest BCUT2D eigenvalue weighted by Gasteiger charge is 2.33. The zero-order valence-electron chi connectivity index (χ0n) is 15.9. The minimum atomic E-state index is -3.17. The summed E-state index contributed by atoms with van der Waals surface area (Å²) < 4.78 is 50.7. The number of sulfone groups is 1. The zero-order chi connectivity index (χ0) is 20.6. The lowest BCUT2D eigenvalue weighted by Gasteiger charge is -2.25. The average molecular weight is 413 g/mol. The number of anilines is 1. The second kappa shape index (κ2) is 7.59. The van der Waals surface area contributed by atoms with Gasteiger partial charge in [0.1, 0.15) is 11.6 Å². The average Bonchev–Trinajstić information content (AvgIpc) is 3.09. The van der Waals surface area contributed by atoms with Gasteiger partial charge in [-0.2, -0.15) is 0 Å². The topological polar surface area (TPSA) is 46.2 Å². The summed E-state index contributed by atoms with van der Waals surface area (Å²) in [5, 5.41) is 3.37. The molecule has 3 aromatic rings. The van der Waals surface area contributed by atoms with Crippen molar-refractivity contribution in [3.63, 3.8) is 0 Å². The van der Waals surface area contributed by atoms with Crippen LogP contribution in [0.15, 0.2) is 66.7 Å². The largest absolute Gasteiger partial charge is 0.384 e. The minimum Gasteiger partial charge on any atom is -0.384 e. The molecule has 0 saturated carbocycles. The van der Waals surface area contributed by atoms with Crippen LogP contribution < -0.4 is 5.32 Å². The van der Waals surface area contributed by atoms with Crippen LogP contribution in [0.4, 0.5) is 14.5 Å². The molecule has 0 radical (unpaired) electrons. The van der Waals surface area contributed by atoms with Crippen LogP contribution in [0.25, 0.3) is 0 Å². The van der Waals surface area contributed by atoms with Gasteiger partial charge in [-0.3, -0.25) is 0 Å². The molecule has 0 bridgehead atoms. The molecule has 0 spiro atoms. The maximum atomic E-state index is 13.5. The molecule has 3 aromatic carbocycles. The van der Waals surface area contributed by atoms with Gasteiger partial charge in [0.05, 0.1) is 5.75 Å². The molecule has 6 heteroatoms. The van der Waals surface area contributed by atoms with Gasteiger partial charge in [-0.1, -0.05) is 42.5 Å². The summed E-state index contributed by atoms with van der Waals surface area (Å²) in [5.41, 5.74) is 4.45. The molecule has 0 fully saturated rings. The lowest BCUT2D eigenvalue weighted by molar-refractivity contribution is 0.601. The van der Waals surface area contributed by atoms with Crippen molar-refractivity contribution in [3.8, 4) is 0 Å². The van der Waals surface area contributed by atoms with Crippen LogP contribution in [0, 0.1) is 11.6 Å². The standard InChI is InChI=1S/C23H21F2NO2S/c1-29(27,28)14-17-3-2-4-20-21(13-26-23(17)20)22(15-5-9-18(24)10-6-15)16-7-11-19(25)12-8-16/h2-12,21-22,26H,13-14H2,1H3. The highest BCUT2D eigenvalue weighted by molar-refractivity contribution is 7.89. The van der Waals surface area contributed by atoms with Crippen molar-refractivity contribution in [1.29, 1.82) is 0 Å². The molecule has 1 N–H and O–H groups in total. The number of hydrogen-bond acceptors (Lipinski definition) is 3. The summed E-state index contributed by atoms with van der Waals surface area (Å²) in [4.78, 5) is 0. The maximum Gasteiger partial charge on any atom is 0.151 e. The van der Waals surface area contributed by atoms with E-state index in [1.54, 1.807) is 24.3 Å². The van der Waals surface area contributed by atoms with Gasteiger partial charge in [-0.25, -0.2) is 17.2 Å². The summed E-state index contributed by atoms with van der Waals surface area (Å²) in [7, 11) is -3.17. The summed E-state index contributed by atoms with van der Waals surface area (Å²) in [6.45, 7) is 0.607. The van der Waals surface area contributed by atoms with E-state index in [2.05, 4.69) is 5.32 Å². The fourth-order valence-electron chi connectivity index (χ4n) is 4.16. The van der Waals surface area contributed by atoms with E-state index in [1.165, 1.54) is 30.5 Å². The Hall–Kier alpha value is -2.73. The first-order chi connectivity index (χ1) is 13.8. The van der Waals surface area contributed by atoms with E-state index in [9.17, 15) is 17.2 Å². The van der Waals surface area contributed by atoms with Crippen LogP contribution in [-0.4, -0.2) is 21.2 Å². The SMILES string of the molecule is CS(=O)(=O)Cc1cccc2c1NCC2C(c1ccc(F)cc1)c1ccc(F)cc1. The monoisotopic (exact) mass is 413 g/mol. The molecule has 1 atom stereocenters. The van der Waals surface area contributed by atoms with Crippen LogP contribution in [0.5, 0.6) is 0 Å². The summed E-state index contributed by atoms with van der Waals surface area (Å²) in [6.07, 6.45) is 1.22. The number of fused-ring (bicyclic) bond motifs is 1. The van der Waals surface area contributed by atoms with Gasteiger partial charge in [-0.15, -0.1) is 0 Å². The van der Waals surface area contributed by atoms with E-state index < -0.39 is 9.84 Å². The minimum absolute atomic E-state index is 0.000401. The summed E-state index contributed by atoms with van der Waals surface area (Å²) in [5.74, 6) is -0.786. The van der Waals surface area contributed by atoms with E-state index in [0.29, 0.717) is 6.54 Å². The van der Waals surface area contributed by atoms with Crippen molar-refractivity contribution in [1.82, 2.24) is 0 Å². The fraction of sp³-hybridized carbons (Fsp3) is 0.217. The third-order valence-corrected chi connectivity index (χ3v) is 6.19. The Labute approximate surface area is 169 Å². The Morgan fingerprint density at radius 2 is 1.48 bits per heavy atom. The number of rotatable bonds is 5. The molecule has 0 amide bonds. The fourth-order valence-corrected chi connectivity index (χ4v) is 4.97. The maximum absolute atomic E-state index is 13.5. The number of para-hydroxylation sites is 1. The predicted molar refractivity (Wildman–Crippen MR) is 111 cm³/mol. The molecular weight excluding hydrogens is 392 g/mol. The number of hydrogen-bond donors (Lipinski definition) is 1. The van der Waals surface area contributed by atoms with Gasteiger partial charge in [0, 0.05) is 30.3 Å². The molecule has 3 nitrogen and oxygen atoms in total. The third-order valence-electron chi connectivity index (χ3n) is 5.36. The zero-order valence-corrected chi connectivity index (χ0v) is 16.7. The van der Waals surface area contributed by atoms with Gasteiger partial charge >= 0.3 is 0 Å². The summed E-state index contributed by atoms with van der Waals surface area (Å²) in [6, 6.07) is 18.4. The van der Waals surface area contributed by atoms with Gasteiger partial charge in [-0.05, 0) is 46.5 Å². The van der Waals surface area contributed by atoms with Crippen LogP contribution in [-0.2, 0) is 15.6 Å². The molecule has 1 aliphatic rings. The molecular formula is C23H21F2NO2S. The highest BCUT2D eigenvalue weighted by Crippen LogP contribution is 2.45. The van der Waals surface area contributed by atoms with Crippen molar-refractivity contribution in [2.75, 3.05) is 18.1 Å². The molecule has 1 unspecified atom stereocenters. The molecule has 29 heavy (non-hydrogen) atoms. The number of nitrogens with one attached hydrogen (secondary N) is 1. The Morgan fingerprint density at radius 3 is 2.00 bits per heavy atom. The van der Waals surface area contributed by atoms with E-state index in [0.717, 1.165) is 27.9 Å². The molecule has 0 aliphatic carbocycles. The Morgan fingerprint density at radius 1 is 0.931 bits per heavy atom. The molecule has 1 heterocycles.